The third-order valence-corrected chi connectivity index (χ3v) is 3.16. The molecule has 1 amide bonds. The lowest BCUT2D eigenvalue weighted by atomic mass is 10.2. The van der Waals surface area contributed by atoms with Crippen molar-refractivity contribution in [2.24, 2.45) is 0 Å². The van der Waals surface area contributed by atoms with Crippen molar-refractivity contribution in [1.29, 1.82) is 5.26 Å². The lowest BCUT2D eigenvalue weighted by molar-refractivity contribution is 0.102. The second kappa shape index (κ2) is 6.62. The molecule has 7 nitrogen and oxygen atoms in total. The molecule has 3 rings (SSSR count). The van der Waals surface area contributed by atoms with E-state index in [2.05, 4.69) is 20.8 Å². The molecule has 0 aliphatic carbocycles. The largest absolute Gasteiger partial charge is 0.360 e. The van der Waals surface area contributed by atoms with Gasteiger partial charge in [-0.25, -0.2) is 0 Å². The highest BCUT2D eigenvalue weighted by atomic mass is 16.5. The Kier molecular flexibility index (Phi) is 4.21. The highest BCUT2D eigenvalue weighted by molar-refractivity contribution is 6.03. The SMILES string of the molecule is Cc1cc(Nc2ccnc(C(=O)Nc3ccc(C#N)cc3)c2)no1. The Morgan fingerprint density at radius 1 is 1.17 bits per heavy atom. The molecule has 2 aromatic heterocycles. The van der Waals surface area contributed by atoms with Gasteiger partial charge in [-0.1, -0.05) is 5.16 Å². The number of carbonyl (C=O) groups excluding carboxylic acids is 1. The summed E-state index contributed by atoms with van der Waals surface area (Å²) in [4.78, 5) is 16.3. The van der Waals surface area contributed by atoms with Gasteiger partial charge in [-0.15, -0.1) is 0 Å². The summed E-state index contributed by atoms with van der Waals surface area (Å²) in [5.41, 5.74) is 2.04. The van der Waals surface area contributed by atoms with E-state index in [9.17, 15) is 4.79 Å². The molecule has 0 atom stereocenters. The first-order chi connectivity index (χ1) is 11.6. The van der Waals surface area contributed by atoms with Crippen LogP contribution in [0.25, 0.3) is 0 Å². The van der Waals surface area contributed by atoms with E-state index in [1.54, 1.807) is 49.4 Å². The van der Waals surface area contributed by atoms with Gasteiger partial charge in [0.2, 0.25) is 0 Å². The van der Waals surface area contributed by atoms with Crippen molar-refractivity contribution in [3.63, 3.8) is 0 Å². The minimum absolute atomic E-state index is 0.254. The van der Waals surface area contributed by atoms with Gasteiger partial charge < -0.3 is 15.2 Å². The third-order valence-electron chi connectivity index (χ3n) is 3.16. The number of rotatable bonds is 4. The van der Waals surface area contributed by atoms with Crippen molar-refractivity contribution < 1.29 is 9.32 Å². The Balaban J connectivity index is 1.72. The fourth-order valence-corrected chi connectivity index (χ4v) is 2.03. The minimum Gasteiger partial charge on any atom is -0.360 e. The van der Waals surface area contributed by atoms with Gasteiger partial charge >= 0.3 is 0 Å². The molecular formula is C17H13N5O2. The number of pyridine rings is 1. The molecule has 3 aromatic rings. The number of amides is 1. The number of hydrogen-bond acceptors (Lipinski definition) is 6. The van der Waals surface area contributed by atoms with Gasteiger partial charge in [0, 0.05) is 23.6 Å². The Labute approximate surface area is 137 Å². The molecule has 0 saturated carbocycles. The zero-order valence-corrected chi connectivity index (χ0v) is 12.8. The van der Waals surface area contributed by atoms with E-state index in [4.69, 9.17) is 9.78 Å². The molecule has 0 aliphatic rings. The topological polar surface area (TPSA) is 104 Å². The number of nitriles is 1. The molecule has 0 spiro atoms. The predicted molar refractivity (Wildman–Crippen MR) is 87.9 cm³/mol. The van der Waals surface area contributed by atoms with Crippen LogP contribution in [0, 0.1) is 18.3 Å². The van der Waals surface area contributed by atoms with Crippen LogP contribution in [0.4, 0.5) is 17.2 Å². The average molecular weight is 319 g/mol. The summed E-state index contributed by atoms with van der Waals surface area (Å²) >= 11 is 0. The molecular weight excluding hydrogens is 306 g/mol. The number of anilines is 3. The summed E-state index contributed by atoms with van der Waals surface area (Å²) < 4.78 is 4.98. The first-order valence-corrected chi connectivity index (χ1v) is 7.12. The van der Waals surface area contributed by atoms with E-state index in [0.717, 1.165) is 0 Å². The number of nitrogens with one attached hydrogen (secondary N) is 2. The molecule has 0 radical (unpaired) electrons. The quantitative estimate of drug-likeness (QED) is 0.765. The Morgan fingerprint density at radius 2 is 1.96 bits per heavy atom. The molecule has 24 heavy (non-hydrogen) atoms. The van der Waals surface area contributed by atoms with E-state index in [0.29, 0.717) is 28.5 Å². The van der Waals surface area contributed by atoms with Gasteiger partial charge in [0.15, 0.2) is 5.82 Å². The summed E-state index contributed by atoms with van der Waals surface area (Å²) in [6.45, 7) is 1.79. The Hall–Kier alpha value is -3.66. The number of aromatic nitrogens is 2. The molecule has 0 unspecified atom stereocenters. The predicted octanol–water partition coefficient (Wildman–Crippen LogP) is 3.25. The van der Waals surface area contributed by atoms with Gasteiger partial charge in [0.25, 0.3) is 5.91 Å². The number of hydrogen-bond donors (Lipinski definition) is 2. The second-order valence-corrected chi connectivity index (χ2v) is 5.02. The van der Waals surface area contributed by atoms with Crippen LogP contribution in [0.3, 0.4) is 0 Å². The van der Waals surface area contributed by atoms with Gasteiger partial charge in [-0.2, -0.15) is 5.26 Å². The lowest BCUT2D eigenvalue weighted by Gasteiger charge is -2.07. The number of benzene rings is 1. The van der Waals surface area contributed by atoms with E-state index in [1.165, 1.54) is 6.20 Å². The van der Waals surface area contributed by atoms with Crippen molar-refractivity contribution in [3.8, 4) is 6.07 Å². The van der Waals surface area contributed by atoms with Crippen LogP contribution in [-0.2, 0) is 0 Å². The number of aryl methyl sites for hydroxylation is 1. The highest BCUT2D eigenvalue weighted by Crippen LogP contribution is 2.17. The van der Waals surface area contributed by atoms with Crippen molar-refractivity contribution in [2.45, 2.75) is 6.92 Å². The first-order valence-electron chi connectivity index (χ1n) is 7.12. The minimum atomic E-state index is -0.348. The maximum absolute atomic E-state index is 12.3. The second-order valence-electron chi connectivity index (χ2n) is 5.02. The number of carbonyl (C=O) groups is 1. The normalized spacial score (nSPS) is 10.0. The molecule has 118 valence electrons. The molecule has 0 aliphatic heterocycles. The van der Waals surface area contributed by atoms with Gasteiger partial charge in [-0.3, -0.25) is 9.78 Å². The molecule has 0 saturated heterocycles. The monoisotopic (exact) mass is 319 g/mol. The summed E-state index contributed by atoms with van der Waals surface area (Å²) in [6.07, 6.45) is 1.53. The lowest BCUT2D eigenvalue weighted by Crippen LogP contribution is -2.13. The van der Waals surface area contributed by atoms with Crippen LogP contribution < -0.4 is 10.6 Å². The molecule has 2 N–H and O–H groups in total. The molecule has 0 fully saturated rings. The highest BCUT2D eigenvalue weighted by Gasteiger charge is 2.09. The van der Waals surface area contributed by atoms with Crippen LogP contribution in [0.15, 0.2) is 53.2 Å². The van der Waals surface area contributed by atoms with E-state index in [1.807, 2.05) is 6.07 Å². The summed E-state index contributed by atoms with van der Waals surface area (Å²) in [5.74, 6) is 0.891. The zero-order chi connectivity index (χ0) is 16.9. The molecule has 7 heteroatoms. The van der Waals surface area contributed by atoms with Crippen molar-refractivity contribution in [1.82, 2.24) is 10.1 Å². The van der Waals surface area contributed by atoms with E-state index < -0.39 is 0 Å². The van der Waals surface area contributed by atoms with Crippen LogP contribution in [0.2, 0.25) is 0 Å². The fourth-order valence-electron chi connectivity index (χ4n) is 2.03. The average Bonchev–Trinajstić information content (AvgIpc) is 3.00. The maximum atomic E-state index is 12.3. The molecule has 1 aromatic carbocycles. The smallest absolute Gasteiger partial charge is 0.274 e. The van der Waals surface area contributed by atoms with Crippen LogP contribution in [0.1, 0.15) is 21.8 Å². The summed E-state index contributed by atoms with van der Waals surface area (Å²) in [7, 11) is 0. The first kappa shape index (κ1) is 15.2. The molecule has 2 heterocycles. The number of nitrogens with zero attached hydrogens (tertiary/aromatic N) is 3. The zero-order valence-electron chi connectivity index (χ0n) is 12.8. The van der Waals surface area contributed by atoms with E-state index in [-0.39, 0.29) is 11.6 Å². The fraction of sp³-hybridized carbons (Fsp3) is 0.0588. The summed E-state index contributed by atoms with van der Waals surface area (Å²) in [6, 6.07) is 13.7. The maximum Gasteiger partial charge on any atom is 0.274 e. The Bertz CT molecular complexity index is 909. The van der Waals surface area contributed by atoms with Crippen LogP contribution in [-0.4, -0.2) is 16.0 Å². The van der Waals surface area contributed by atoms with E-state index >= 15 is 0 Å². The van der Waals surface area contributed by atoms with Crippen LogP contribution >= 0.6 is 0 Å². The Morgan fingerprint density at radius 3 is 2.62 bits per heavy atom. The third kappa shape index (κ3) is 3.56. The van der Waals surface area contributed by atoms with Crippen molar-refractivity contribution >= 4 is 23.1 Å². The molecule has 0 bridgehead atoms. The van der Waals surface area contributed by atoms with Crippen molar-refractivity contribution in [2.75, 3.05) is 10.6 Å². The van der Waals surface area contributed by atoms with Gasteiger partial charge in [-0.05, 0) is 43.3 Å². The van der Waals surface area contributed by atoms with Gasteiger partial charge in [0.05, 0.1) is 11.6 Å². The van der Waals surface area contributed by atoms with Crippen LogP contribution in [0.5, 0.6) is 0 Å². The van der Waals surface area contributed by atoms with Crippen molar-refractivity contribution in [3.05, 3.63) is 65.7 Å². The standard InChI is InChI=1S/C17H13N5O2/c1-11-8-16(22-24-11)20-14-6-7-19-15(9-14)17(23)21-13-4-2-12(10-18)3-5-13/h2-9H,1H3,(H,21,23)(H,19,20,22). The summed E-state index contributed by atoms with van der Waals surface area (Å²) in [5, 5.41) is 18.4. The van der Waals surface area contributed by atoms with Gasteiger partial charge in [0.1, 0.15) is 11.5 Å².